The Bertz CT molecular complexity index is 800. The van der Waals surface area contributed by atoms with Crippen molar-refractivity contribution < 1.29 is 23.4 Å². The summed E-state index contributed by atoms with van der Waals surface area (Å²) in [5, 5.41) is 12.0. The van der Waals surface area contributed by atoms with Gasteiger partial charge in [0.25, 0.3) is 5.91 Å². The van der Waals surface area contributed by atoms with E-state index in [9.17, 15) is 18.7 Å². The fraction of sp³-hybridized carbons (Fsp3) is 0.429. The summed E-state index contributed by atoms with van der Waals surface area (Å²) in [6, 6.07) is 9.97. The van der Waals surface area contributed by atoms with Crippen LogP contribution < -0.4 is 15.0 Å². The zero-order valence-electron chi connectivity index (χ0n) is 16.1. The van der Waals surface area contributed by atoms with E-state index in [1.807, 2.05) is 12.1 Å². The minimum absolute atomic E-state index is 0.0533. The molecule has 1 unspecified atom stereocenters. The van der Waals surface area contributed by atoms with Crippen LogP contribution in [-0.4, -0.2) is 41.8 Å². The lowest BCUT2D eigenvalue weighted by Gasteiger charge is -2.36. The number of hydrogen-bond donors (Lipinski definition) is 2. The van der Waals surface area contributed by atoms with Gasteiger partial charge in [0, 0.05) is 31.9 Å². The number of amides is 1. The van der Waals surface area contributed by atoms with Crippen LogP contribution in [0.4, 0.5) is 14.6 Å². The van der Waals surface area contributed by atoms with Crippen molar-refractivity contribution in [1.82, 2.24) is 10.3 Å². The van der Waals surface area contributed by atoms with E-state index in [2.05, 4.69) is 19.9 Å². The highest BCUT2D eigenvalue weighted by atomic mass is 19.3. The van der Waals surface area contributed by atoms with E-state index in [1.54, 1.807) is 12.3 Å². The topological polar surface area (TPSA) is 74.7 Å². The molecule has 156 valence electrons. The van der Waals surface area contributed by atoms with E-state index >= 15 is 0 Å². The number of aromatic nitrogens is 1. The van der Waals surface area contributed by atoms with Crippen molar-refractivity contribution >= 4 is 11.7 Å². The molecule has 8 heteroatoms. The SMILES string of the molecule is O=C(NCc1ccc(N2CCCCC2CCO)nc1)c1ccccc1OC(F)F. The fourth-order valence-electron chi connectivity index (χ4n) is 3.57. The number of aliphatic hydroxyl groups is 1. The maximum Gasteiger partial charge on any atom is 0.387 e. The summed E-state index contributed by atoms with van der Waals surface area (Å²) in [7, 11) is 0. The van der Waals surface area contributed by atoms with Gasteiger partial charge < -0.3 is 20.1 Å². The van der Waals surface area contributed by atoms with Gasteiger partial charge in [-0.2, -0.15) is 8.78 Å². The zero-order valence-corrected chi connectivity index (χ0v) is 16.1. The number of pyridine rings is 1. The van der Waals surface area contributed by atoms with Crippen LogP contribution in [0.2, 0.25) is 0 Å². The van der Waals surface area contributed by atoms with Crippen molar-refractivity contribution in [2.45, 2.75) is 44.9 Å². The first kappa shape index (κ1) is 21.0. The number of alkyl halides is 2. The lowest BCUT2D eigenvalue weighted by Crippen LogP contribution is -2.40. The molecule has 1 amide bonds. The quantitative estimate of drug-likeness (QED) is 0.705. The molecular formula is C21H25F2N3O3. The number of halogens is 2. The third-order valence-corrected chi connectivity index (χ3v) is 4.99. The molecule has 1 fully saturated rings. The van der Waals surface area contributed by atoms with Gasteiger partial charge in [-0.15, -0.1) is 0 Å². The molecule has 2 aromatic rings. The molecule has 1 aromatic carbocycles. The van der Waals surface area contributed by atoms with Gasteiger partial charge in [-0.1, -0.05) is 18.2 Å². The number of piperidine rings is 1. The van der Waals surface area contributed by atoms with E-state index < -0.39 is 12.5 Å². The Kier molecular flexibility index (Phi) is 7.35. The van der Waals surface area contributed by atoms with Crippen LogP contribution in [0.5, 0.6) is 5.75 Å². The van der Waals surface area contributed by atoms with Crippen molar-refractivity contribution in [2.24, 2.45) is 0 Å². The molecule has 1 aromatic heterocycles. The molecule has 1 atom stereocenters. The lowest BCUT2D eigenvalue weighted by atomic mass is 9.99. The summed E-state index contributed by atoms with van der Waals surface area (Å²) in [5.74, 6) is 0.201. The monoisotopic (exact) mass is 405 g/mol. The van der Waals surface area contributed by atoms with Gasteiger partial charge in [-0.3, -0.25) is 4.79 Å². The van der Waals surface area contributed by atoms with Crippen molar-refractivity contribution in [3.05, 3.63) is 53.7 Å². The van der Waals surface area contributed by atoms with Crippen LogP contribution in [0, 0.1) is 0 Å². The number of carbonyl (C=O) groups is 1. The highest BCUT2D eigenvalue weighted by molar-refractivity contribution is 5.96. The third kappa shape index (κ3) is 5.63. The van der Waals surface area contributed by atoms with Crippen LogP contribution >= 0.6 is 0 Å². The number of rotatable bonds is 8. The Hall–Kier alpha value is -2.74. The van der Waals surface area contributed by atoms with Gasteiger partial charge in [-0.25, -0.2) is 4.98 Å². The van der Waals surface area contributed by atoms with E-state index in [4.69, 9.17) is 0 Å². The average Bonchev–Trinajstić information content (AvgIpc) is 2.73. The van der Waals surface area contributed by atoms with Gasteiger partial charge in [0.1, 0.15) is 11.6 Å². The predicted molar refractivity (Wildman–Crippen MR) is 105 cm³/mol. The summed E-state index contributed by atoms with van der Waals surface area (Å²) in [5.41, 5.74) is 0.850. The van der Waals surface area contributed by atoms with Crippen molar-refractivity contribution in [3.63, 3.8) is 0 Å². The number of benzene rings is 1. The molecule has 3 rings (SSSR count). The fourth-order valence-corrected chi connectivity index (χ4v) is 3.57. The zero-order chi connectivity index (χ0) is 20.6. The first-order chi connectivity index (χ1) is 14.1. The molecule has 29 heavy (non-hydrogen) atoms. The number of para-hydroxylation sites is 1. The maximum absolute atomic E-state index is 12.5. The molecule has 0 bridgehead atoms. The molecule has 2 heterocycles. The molecule has 0 radical (unpaired) electrons. The maximum atomic E-state index is 12.5. The number of nitrogens with one attached hydrogen (secondary N) is 1. The molecule has 0 spiro atoms. The molecular weight excluding hydrogens is 380 g/mol. The standard InChI is InChI=1S/C21H25F2N3O3/c22-21(23)29-18-7-2-1-6-17(18)20(28)25-14-15-8-9-19(24-13-15)26-11-4-3-5-16(26)10-12-27/h1-2,6-9,13,16,21,27H,3-5,10-12,14H2,(H,25,28). The third-order valence-electron chi connectivity index (χ3n) is 4.99. The van der Waals surface area contributed by atoms with Crippen LogP contribution in [-0.2, 0) is 6.54 Å². The predicted octanol–water partition coefficient (Wildman–Crippen LogP) is 3.35. The van der Waals surface area contributed by atoms with Gasteiger partial charge in [0.2, 0.25) is 0 Å². The van der Waals surface area contributed by atoms with E-state index in [1.165, 1.54) is 18.2 Å². The molecule has 1 aliphatic rings. The number of anilines is 1. The Morgan fingerprint density at radius 1 is 1.28 bits per heavy atom. The Balaban J connectivity index is 1.61. The molecule has 0 aliphatic carbocycles. The summed E-state index contributed by atoms with van der Waals surface area (Å²) in [6.45, 7) is -1.71. The number of nitrogens with zero attached hydrogens (tertiary/aromatic N) is 2. The molecule has 1 aliphatic heterocycles. The number of hydrogen-bond acceptors (Lipinski definition) is 5. The van der Waals surface area contributed by atoms with Crippen LogP contribution in [0.1, 0.15) is 41.6 Å². The Morgan fingerprint density at radius 2 is 2.10 bits per heavy atom. The second-order valence-electron chi connectivity index (χ2n) is 6.94. The summed E-state index contributed by atoms with van der Waals surface area (Å²) < 4.78 is 29.4. The second kappa shape index (κ2) is 10.2. The number of ether oxygens (including phenoxy) is 1. The summed E-state index contributed by atoms with van der Waals surface area (Å²) >= 11 is 0. The first-order valence-corrected chi connectivity index (χ1v) is 9.73. The van der Waals surface area contributed by atoms with Crippen LogP contribution in [0.25, 0.3) is 0 Å². The Morgan fingerprint density at radius 3 is 2.83 bits per heavy atom. The normalized spacial score (nSPS) is 16.7. The smallest absolute Gasteiger partial charge is 0.387 e. The minimum Gasteiger partial charge on any atom is -0.434 e. The largest absolute Gasteiger partial charge is 0.434 e. The van der Waals surface area contributed by atoms with E-state index in [0.717, 1.165) is 43.6 Å². The van der Waals surface area contributed by atoms with Gasteiger partial charge in [-0.05, 0) is 49.4 Å². The van der Waals surface area contributed by atoms with Gasteiger partial charge in [0.05, 0.1) is 5.56 Å². The number of carbonyl (C=O) groups excluding carboxylic acids is 1. The first-order valence-electron chi connectivity index (χ1n) is 9.73. The summed E-state index contributed by atoms with van der Waals surface area (Å²) in [4.78, 5) is 19.1. The molecule has 2 N–H and O–H groups in total. The van der Waals surface area contributed by atoms with Gasteiger partial charge in [0.15, 0.2) is 0 Å². The molecule has 1 saturated heterocycles. The van der Waals surface area contributed by atoms with E-state index in [0.29, 0.717) is 0 Å². The highest BCUT2D eigenvalue weighted by Crippen LogP contribution is 2.25. The number of aliphatic hydroxyl groups excluding tert-OH is 1. The second-order valence-corrected chi connectivity index (χ2v) is 6.94. The van der Waals surface area contributed by atoms with Gasteiger partial charge >= 0.3 is 6.61 Å². The molecule has 0 saturated carbocycles. The van der Waals surface area contributed by atoms with Crippen LogP contribution in [0.15, 0.2) is 42.6 Å². The van der Waals surface area contributed by atoms with Crippen molar-refractivity contribution in [3.8, 4) is 5.75 Å². The minimum atomic E-state index is -3.00. The van der Waals surface area contributed by atoms with Crippen molar-refractivity contribution in [1.29, 1.82) is 0 Å². The average molecular weight is 405 g/mol. The Labute approximate surface area is 168 Å². The lowest BCUT2D eigenvalue weighted by molar-refractivity contribution is -0.0501. The summed E-state index contributed by atoms with van der Waals surface area (Å²) in [6.07, 6.45) is 5.71. The van der Waals surface area contributed by atoms with Crippen LogP contribution in [0.3, 0.4) is 0 Å². The van der Waals surface area contributed by atoms with E-state index in [-0.39, 0.29) is 30.5 Å². The highest BCUT2D eigenvalue weighted by Gasteiger charge is 2.23. The molecule has 6 nitrogen and oxygen atoms in total. The van der Waals surface area contributed by atoms with Crippen molar-refractivity contribution in [2.75, 3.05) is 18.1 Å².